The van der Waals surface area contributed by atoms with Gasteiger partial charge in [-0.15, -0.1) is 0 Å². The number of esters is 1. The molecule has 1 aliphatic heterocycles. The fourth-order valence-corrected chi connectivity index (χ4v) is 2.49. The Hall–Kier alpha value is -1.84. The molecule has 114 valence electrons. The topological polar surface area (TPSA) is 55.4 Å². The number of rotatable bonds is 5. The highest BCUT2D eigenvalue weighted by atomic mass is 16.5. The van der Waals surface area contributed by atoms with E-state index in [-0.39, 0.29) is 17.8 Å². The Labute approximate surface area is 125 Å². The normalized spacial score (nSPS) is 19.4. The Morgan fingerprint density at radius 2 is 1.95 bits per heavy atom. The Balaban J connectivity index is 1.96. The van der Waals surface area contributed by atoms with E-state index in [0.717, 1.165) is 12.0 Å². The van der Waals surface area contributed by atoms with Crippen LogP contribution >= 0.6 is 0 Å². The summed E-state index contributed by atoms with van der Waals surface area (Å²) < 4.78 is 4.85. The predicted molar refractivity (Wildman–Crippen MR) is 80.9 cm³/mol. The minimum Gasteiger partial charge on any atom is -0.464 e. The van der Waals surface area contributed by atoms with Gasteiger partial charge in [-0.25, -0.2) is 4.79 Å². The number of benzene rings is 1. The summed E-state index contributed by atoms with van der Waals surface area (Å²) in [4.78, 5) is 23.6. The van der Waals surface area contributed by atoms with Crippen molar-refractivity contribution >= 4 is 11.9 Å². The minimum absolute atomic E-state index is 0.129. The second-order valence-corrected chi connectivity index (χ2v) is 6.08. The molecule has 1 aromatic carbocycles. The molecule has 1 aliphatic rings. The Kier molecular flexibility index (Phi) is 4.99. The van der Waals surface area contributed by atoms with Gasteiger partial charge in [-0.3, -0.25) is 4.79 Å². The molecule has 0 spiro atoms. The molecule has 4 nitrogen and oxygen atoms in total. The lowest BCUT2D eigenvalue weighted by Crippen LogP contribution is -2.40. The van der Waals surface area contributed by atoms with Gasteiger partial charge in [0.2, 0.25) is 5.91 Å². The van der Waals surface area contributed by atoms with Crippen LogP contribution in [0.1, 0.15) is 44.2 Å². The van der Waals surface area contributed by atoms with Gasteiger partial charge in [-0.05, 0) is 30.4 Å². The van der Waals surface area contributed by atoms with Crippen LogP contribution in [0.3, 0.4) is 0 Å². The highest BCUT2D eigenvalue weighted by Crippen LogP contribution is 2.18. The number of ether oxygens (including phenoxy) is 1. The van der Waals surface area contributed by atoms with E-state index in [4.69, 9.17) is 4.74 Å². The van der Waals surface area contributed by atoms with Gasteiger partial charge in [0.1, 0.15) is 6.04 Å². The molecule has 0 saturated carbocycles. The highest BCUT2D eigenvalue weighted by Gasteiger charge is 2.29. The van der Waals surface area contributed by atoms with Gasteiger partial charge in [0, 0.05) is 6.42 Å². The van der Waals surface area contributed by atoms with Crippen molar-refractivity contribution in [3.05, 3.63) is 35.4 Å². The predicted octanol–water partition coefficient (Wildman–Crippen LogP) is 2.42. The first-order valence-electron chi connectivity index (χ1n) is 7.53. The van der Waals surface area contributed by atoms with Crippen LogP contribution < -0.4 is 5.32 Å². The molecule has 1 saturated heterocycles. The number of nitrogens with one attached hydrogen (secondary N) is 1. The third kappa shape index (κ3) is 4.06. The van der Waals surface area contributed by atoms with Crippen molar-refractivity contribution in [3.63, 3.8) is 0 Å². The van der Waals surface area contributed by atoms with Crippen molar-refractivity contribution in [1.29, 1.82) is 0 Å². The zero-order chi connectivity index (χ0) is 15.4. The highest BCUT2D eigenvalue weighted by molar-refractivity contribution is 5.88. The van der Waals surface area contributed by atoms with Crippen LogP contribution in [-0.2, 0) is 20.7 Å². The standard InChI is InChI=1S/C17H23NO3/c1-11(2)10-13-4-6-14(7-5-13)12(3)16(19)18-15-8-9-21-17(15)20/h4-7,11-12,15H,8-10H2,1-3H3,(H,18,19)/t12-,15+/m1/s1. The molecule has 0 unspecified atom stereocenters. The van der Waals surface area contributed by atoms with Crippen LogP contribution in [0.15, 0.2) is 24.3 Å². The molecule has 1 N–H and O–H groups in total. The molecule has 1 aromatic rings. The number of hydrogen-bond donors (Lipinski definition) is 1. The quantitative estimate of drug-likeness (QED) is 0.847. The Morgan fingerprint density at radius 3 is 2.48 bits per heavy atom. The van der Waals surface area contributed by atoms with Crippen molar-refractivity contribution < 1.29 is 14.3 Å². The van der Waals surface area contributed by atoms with Gasteiger partial charge < -0.3 is 10.1 Å². The zero-order valence-corrected chi connectivity index (χ0v) is 12.9. The van der Waals surface area contributed by atoms with Crippen LogP contribution in [0.25, 0.3) is 0 Å². The molecule has 0 aliphatic carbocycles. The lowest BCUT2D eigenvalue weighted by Gasteiger charge is -2.15. The maximum absolute atomic E-state index is 12.2. The van der Waals surface area contributed by atoms with Crippen LogP contribution in [0, 0.1) is 5.92 Å². The van der Waals surface area contributed by atoms with Gasteiger partial charge in [-0.2, -0.15) is 0 Å². The van der Waals surface area contributed by atoms with E-state index >= 15 is 0 Å². The van der Waals surface area contributed by atoms with Crippen molar-refractivity contribution in [1.82, 2.24) is 5.32 Å². The number of amides is 1. The number of hydrogen-bond acceptors (Lipinski definition) is 3. The van der Waals surface area contributed by atoms with Crippen molar-refractivity contribution in [2.45, 2.75) is 45.6 Å². The van der Waals surface area contributed by atoms with Gasteiger partial charge >= 0.3 is 5.97 Å². The van der Waals surface area contributed by atoms with Crippen molar-refractivity contribution in [2.75, 3.05) is 6.61 Å². The van der Waals surface area contributed by atoms with E-state index in [1.165, 1.54) is 5.56 Å². The van der Waals surface area contributed by atoms with E-state index < -0.39 is 6.04 Å². The van der Waals surface area contributed by atoms with Crippen molar-refractivity contribution in [2.24, 2.45) is 5.92 Å². The summed E-state index contributed by atoms with van der Waals surface area (Å²) in [6, 6.07) is 7.65. The summed E-state index contributed by atoms with van der Waals surface area (Å²) in [5, 5.41) is 2.76. The van der Waals surface area contributed by atoms with E-state index in [1.807, 2.05) is 19.1 Å². The summed E-state index contributed by atoms with van der Waals surface area (Å²) >= 11 is 0. The van der Waals surface area contributed by atoms with E-state index in [0.29, 0.717) is 18.9 Å². The first kappa shape index (κ1) is 15.5. The van der Waals surface area contributed by atoms with Crippen LogP contribution in [0.4, 0.5) is 0 Å². The SMILES string of the molecule is CC(C)Cc1ccc([C@@H](C)C(=O)N[C@H]2CCOC2=O)cc1. The molecule has 1 amide bonds. The van der Waals surface area contributed by atoms with Crippen LogP contribution in [-0.4, -0.2) is 24.5 Å². The van der Waals surface area contributed by atoms with E-state index in [2.05, 4.69) is 31.3 Å². The summed E-state index contributed by atoms with van der Waals surface area (Å²) in [5.74, 6) is -0.116. The molecular weight excluding hydrogens is 266 g/mol. The van der Waals surface area contributed by atoms with Gasteiger partial charge in [0.25, 0.3) is 0 Å². The fourth-order valence-electron chi connectivity index (χ4n) is 2.49. The van der Waals surface area contributed by atoms with E-state index in [1.54, 1.807) is 0 Å². The molecular formula is C17H23NO3. The van der Waals surface area contributed by atoms with Crippen LogP contribution in [0.2, 0.25) is 0 Å². The third-order valence-electron chi connectivity index (χ3n) is 3.77. The molecule has 4 heteroatoms. The summed E-state index contributed by atoms with van der Waals surface area (Å²) in [7, 11) is 0. The largest absolute Gasteiger partial charge is 0.464 e. The summed E-state index contributed by atoms with van der Waals surface area (Å²) in [5.41, 5.74) is 2.24. The first-order valence-corrected chi connectivity index (χ1v) is 7.53. The first-order chi connectivity index (χ1) is 9.97. The monoisotopic (exact) mass is 289 g/mol. The number of carbonyl (C=O) groups excluding carboxylic acids is 2. The average Bonchev–Trinajstić information content (AvgIpc) is 2.83. The van der Waals surface area contributed by atoms with E-state index in [9.17, 15) is 9.59 Å². The number of cyclic esters (lactones) is 1. The molecule has 1 fully saturated rings. The second-order valence-electron chi connectivity index (χ2n) is 6.08. The second kappa shape index (κ2) is 6.74. The average molecular weight is 289 g/mol. The molecule has 0 radical (unpaired) electrons. The third-order valence-corrected chi connectivity index (χ3v) is 3.77. The Morgan fingerprint density at radius 1 is 1.29 bits per heavy atom. The minimum atomic E-state index is -0.486. The van der Waals surface area contributed by atoms with Gasteiger partial charge in [0.15, 0.2) is 0 Å². The molecule has 1 heterocycles. The maximum atomic E-state index is 12.2. The molecule has 2 atom stereocenters. The fraction of sp³-hybridized carbons (Fsp3) is 0.529. The lowest BCUT2D eigenvalue weighted by molar-refractivity contribution is -0.141. The van der Waals surface area contributed by atoms with Crippen LogP contribution in [0.5, 0.6) is 0 Å². The molecule has 2 rings (SSSR count). The summed E-state index contributed by atoms with van der Waals surface area (Å²) in [6.45, 7) is 6.62. The lowest BCUT2D eigenvalue weighted by atomic mass is 9.96. The smallest absolute Gasteiger partial charge is 0.328 e. The Bertz CT molecular complexity index is 507. The van der Waals surface area contributed by atoms with Crippen molar-refractivity contribution in [3.8, 4) is 0 Å². The molecule has 21 heavy (non-hydrogen) atoms. The van der Waals surface area contributed by atoms with Gasteiger partial charge in [-0.1, -0.05) is 38.1 Å². The molecule has 0 aromatic heterocycles. The number of carbonyl (C=O) groups is 2. The maximum Gasteiger partial charge on any atom is 0.328 e. The molecule has 0 bridgehead atoms. The summed E-state index contributed by atoms with van der Waals surface area (Å²) in [6.07, 6.45) is 1.60. The van der Waals surface area contributed by atoms with Gasteiger partial charge in [0.05, 0.1) is 12.5 Å². The zero-order valence-electron chi connectivity index (χ0n) is 12.9.